The summed E-state index contributed by atoms with van der Waals surface area (Å²) in [5, 5.41) is 9.84. The zero-order valence-electron chi connectivity index (χ0n) is 13.2. The smallest absolute Gasteiger partial charge is 0.387 e. The van der Waals surface area contributed by atoms with Crippen molar-refractivity contribution in [1.82, 2.24) is 0 Å². The van der Waals surface area contributed by atoms with Crippen LogP contribution in [0.1, 0.15) is 39.3 Å². The maximum Gasteiger partial charge on any atom is 0.387 e. The zero-order valence-corrected chi connectivity index (χ0v) is 13.2. The lowest BCUT2D eigenvalue weighted by Crippen LogP contribution is -2.15. The average Bonchev–Trinajstić information content (AvgIpc) is 2.61. The van der Waals surface area contributed by atoms with Crippen molar-refractivity contribution in [2.24, 2.45) is 0 Å². The number of Topliss-reactive ketones (excluding diaryl/α,β-unsaturated/α-hetero) is 2. The van der Waals surface area contributed by atoms with Crippen molar-refractivity contribution >= 4 is 11.6 Å². The summed E-state index contributed by atoms with van der Waals surface area (Å²) in [5.41, 5.74) is 0.548. The molecule has 1 atom stereocenters. The number of rotatable bonds is 6. The molecule has 4 nitrogen and oxygen atoms in total. The molecule has 1 unspecified atom stereocenters. The third kappa shape index (κ3) is 4.72. The van der Waals surface area contributed by atoms with Crippen molar-refractivity contribution in [3.63, 3.8) is 0 Å². The zero-order chi connectivity index (χ0) is 18.4. The Morgan fingerprint density at radius 3 is 2.28 bits per heavy atom. The first-order chi connectivity index (χ1) is 11.9. The summed E-state index contributed by atoms with van der Waals surface area (Å²) < 4.78 is 28.4. The van der Waals surface area contributed by atoms with Gasteiger partial charge in [-0.3, -0.25) is 9.59 Å². The number of aliphatic hydroxyl groups excluding tert-OH is 1. The number of carbonyl (C=O) groups excluding carboxylic acids is 2. The largest absolute Gasteiger partial charge is 0.435 e. The molecule has 0 amide bonds. The van der Waals surface area contributed by atoms with Crippen molar-refractivity contribution in [2.45, 2.75) is 19.6 Å². The summed E-state index contributed by atoms with van der Waals surface area (Å²) >= 11 is 0. The number of hydrogen-bond acceptors (Lipinski definition) is 4. The highest BCUT2D eigenvalue weighted by Crippen LogP contribution is 2.18. The highest BCUT2D eigenvalue weighted by Gasteiger charge is 2.19. The van der Waals surface area contributed by atoms with E-state index in [1.165, 1.54) is 42.5 Å². The number of hydrogen-bond donors (Lipinski definition) is 1. The minimum Gasteiger partial charge on any atom is -0.435 e. The fraction of sp³-hybridized carbons (Fsp3) is 0.158. The molecule has 0 spiro atoms. The number of ether oxygens (including phenoxy) is 1. The van der Waals surface area contributed by atoms with Crippen LogP contribution in [0, 0.1) is 11.8 Å². The maximum absolute atomic E-state index is 12.3. The first-order valence-corrected chi connectivity index (χ1v) is 7.26. The summed E-state index contributed by atoms with van der Waals surface area (Å²) in [7, 11) is 0. The fourth-order valence-electron chi connectivity index (χ4n) is 2.12. The molecule has 0 aliphatic rings. The molecule has 0 aliphatic heterocycles. The molecule has 2 aromatic rings. The summed E-state index contributed by atoms with van der Waals surface area (Å²) in [4.78, 5) is 24.6. The third-order valence-corrected chi connectivity index (χ3v) is 3.29. The SMILES string of the molecule is CC#CC(O)c1cccc(C(=O)C(=O)c2ccc(OC(F)F)cc2)c1. The summed E-state index contributed by atoms with van der Waals surface area (Å²) in [6.07, 6.45) is -1.06. The van der Waals surface area contributed by atoms with E-state index in [0.29, 0.717) is 5.56 Å². The highest BCUT2D eigenvalue weighted by atomic mass is 19.3. The van der Waals surface area contributed by atoms with Crippen LogP contribution in [0.25, 0.3) is 0 Å². The van der Waals surface area contributed by atoms with E-state index in [4.69, 9.17) is 0 Å². The Morgan fingerprint density at radius 1 is 1.04 bits per heavy atom. The lowest BCUT2D eigenvalue weighted by molar-refractivity contribution is -0.0498. The van der Waals surface area contributed by atoms with E-state index in [2.05, 4.69) is 16.6 Å². The topological polar surface area (TPSA) is 63.6 Å². The van der Waals surface area contributed by atoms with Crippen LogP contribution >= 0.6 is 0 Å². The number of aliphatic hydroxyl groups is 1. The van der Waals surface area contributed by atoms with Gasteiger partial charge in [-0.25, -0.2) is 0 Å². The van der Waals surface area contributed by atoms with Gasteiger partial charge in [-0.2, -0.15) is 8.78 Å². The Kier molecular flexibility index (Phi) is 5.98. The second-order valence-electron chi connectivity index (χ2n) is 4.98. The van der Waals surface area contributed by atoms with Gasteiger partial charge in [0.1, 0.15) is 11.9 Å². The third-order valence-electron chi connectivity index (χ3n) is 3.29. The van der Waals surface area contributed by atoms with Gasteiger partial charge in [0.15, 0.2) is 0 Å². The van der Waals surface area contributed by atoms with Crippen LogP contribution in [0.4, 0.5) is 8.78 Å². The summed E-state index contributed by atoms with van der Waals surface area (Å²) in [5.74, 6) is 3.43. The van der Waals surface area contributed by atoms with E-state index in [1.54, 1.807) is 13.0 Å². The standard InChI is InChI=1S/C19H14F2O4/c1-2-4-16(22)13-5-3-6-14(11-13)18(24)17(23)12-7-9-15(10-8-12)25-19(20)21/h3,5-11,16,19,22H,1H3. The van der Waals surface area contributed by atoms with Crippen molar-refractivity contribution in [3.8, 4) is 17.6 Å². The first-order valence-electron chi connectivity index (χ1n) is 7.26. The van der Waals surface area contributed by atoms with Gasteiger partial charge in [0.2, 0.25) is 11.6 Å². The maximum atomic E-state index is 12.3. The van der Waals surface area contributed by atoms with Gasteiger partial charge in [0.05, 0.1) is 0 Å². The quantitative estimate of drug-likeness (QED) is 0.495. The fourth-order valence-corrected chi connectivity index (χ4v) is 2.12. The lowest BCUT2D eigenvalue weighted by atomic mass is 9.98. The van der Waals surface area contributed by atoms with E-state index in [0.717, 1.165) is 0 Å². The van der Waals surface area contributed by atoms with Crippen LogP contribution in [0.15, 0.2) is 48.5 Å². The summed E-state index contributed by atoms with van der Waals surface area (Å²) in [6.45, 7) is -1.40. The Hall–Kier alpha value is -3.04. The Labute approximate surface area is 143 Å². The summed E-state index contributed by atoms with van der Waals surface area (Å²) in [6, 6.07) is 10.8. The molecular formula is C19H14F2O4. The van der Waals surface area contributed by atoms with Gasteiger partial charge in [0, 0.05) is 11.1 Å². The second kappa shape index (κ2) is 8.18. The predicted molar refractivity (Wildman–Crippen MR) is 86.6 cm³/mol. The molecule has 1 N–H and O–H groups in total. The Bertz CT molecular complexity index is 832. The van der Waals surface area contributed by atoms with Gasteiger partial charge >= 0.3 is 6.61 Å². The highest BCUT2D eigenvalue weighted by molar-refractivity contribution is 6.49. The molecule has 25 heavy (non-hydrogen) atoms. The van der Waals surface area contributed by atoms with Crippen LogP contribution in [0.2, 0.25) is 0 Å². The Morgan fingerprint density at radius 2 is 1.68 bits per heavy atom. The average molecular weight is 344 g/mol. The van der Waals surface area contributed by atoms with Gasteiger partial charge in [-0.15, -0.1) is 5.92 Å². The number of alkyl halides is 2. The number of ketones is 2. The molecular weight excluding hydrogens is 330 g/mol. The molecule has 0 saturated heterocycles. The lowest BCUT2D eigenvalue weighted by Gasteiger charge is -2.07. The van der Waals surface area contributed by atoms with Crippen LogP contribution < -0.4 is 4.74 Å². The van der Waals surface area contributed by atoms with Crippen LogP contribution in [0.5, 0.6) is 5.75 Å². The minimum atomic E-state index is -2.97. The molecule has 0 bridgehead atoms. The second-order valence-corrected chi connectivity index (χ2v) is 4.98. The molecule has 128 valence electrons. The van der Waals surface area contributed by atoms with Crippen molar-refractivity contribution in [3.05, 3.63) is 65.2 Å². The molecule has 2 rings (SSSR count). The molecule has 0 saturated carbocycles. The number of benzene rings is 2. The molecule has 2 aromatic carbocycles. The van der Waals surface area contributed by atoms with E-state index in [-0.39, 0.29) is 16.9 Å². The normalized spacial score (nSPS) is 11.4. The Balaban J connectivity index is 2.20. The first kappa shape index (κ1) is 18.3. The molecule has 0 radical (unpaired) electrons. The van der Waals surface area contributed by atoms with Gasteiger partial charge in [-0.05, 0) is 42.8 Å². The van der Waals surface area contributed by atoms with Crippen LogP contribution in [-0.4, -0.2) is 23.3 Å². The van der Waals surface area contributed by atoms with E-state index in [1.807, 2.05) is 0 Å². The van der Waals surface area contributed by atoms with Crippen LogP contribution in [0.3, 0.4) is 0 Å². The van der Waals surface area contributed by atoms with E-state index >= 15 is 0 Å². The molecule has 0 aromatic heterocycles. The molecule has 0 heterocycles. The molecule has 6 heteroatoms. The molecule has 0 aliphatic carbocycles. The van der Waals surface area contributed by atoms with Crippen molar-refractivity contribution < 1.29 is 28.2 Å². The minimum absolute atomic E-state index is 0.0471. The van der Waals surface area contributed by atoms with E-state index in [9.17, 15) is 23.5 Å². The number of halogens is 2. The monoisotopic (exact) mass is 344 g/mol. The van der Waals surface area contributed by atoms with Crippen molar-refractivity contribution in [2.75, 3.05) is 0 Å². The van der Waals surface area contributed by atoms with Crippen molar-refractivity contribution in [1.29, 1.82) is 0 Å². The van der Waals surface area contributed by atoms with Gasteiger partial charge in [0.25, 0.3) is 0 Å². The van der Waals surface area contributed by atoms with E-state index < -0.39 is 24.3 Å². The predicted octanol–water partition coefficient (Wildman–Crippen LogP) is 3.41. The van der Waals surface area contributed by atoms with Crippen LogP contribution in [-0.2, 0) is 0 Å². The number of carbonyl (C=O) groups is 2. The van der Waals surface area contributed by atoms with Gasteiger partial charge in [-0.1, -0.05) is 24.1 Å². The van der Waals surface area contributed by atoms with Gasteiger partial charge < -0.3 is 9.84 Å². The molecule has 0 fully saturated rings.